The molecule has 4 aromatic rings. The Bertz CT molecular complexity index is 1480. The molecule has 8 heteroatoms. The third-order valence-electron chi connectivity index (χ3n) is 6.84. The van der Waals surface area contributed by atoms with Crippen LogP contribution in [0.5, 0.6) is 5.75 Å². The number of para-hydroxylation sites is 1. The van der Waals surface area contributed by atoms with E-state index < -0.39 is 6.04 Å². The Morgan fingerprint density at radius 3 is 2.33 bits per heavy atom. The molecule has 0 aliphatic rings. The second kappa shape index (κ2) is 12.8. The third-order valence-corrected chi connectivity index (χ3v) is 6.84. The molecule has 2 aromatic carbocycles. The fourth-order valence-corrected chi connectivity index (χ4v) is 5.02. The van der Waals surface area contributed by atoms with Crippen LogP contribution < -0.4 is 10.1 Å². The Hall–Kier alpha value is -4.20. The van der Waals surface area contributed by atoms with Gasteiger partial charge in [0.25, 0.3) is 0 Å². The van der Waals surface area contributed by atoms with E-state index in [1.54, 1.807) is 6.92 Å². The van der Waals surface area contributed by atoms with Gasteiger partial charge in [-0.3, -0.25) is 9.59 Å². The van der Waals surface area contributed by atoms with Crippen molar-refractivity contribution in [2.45, 2.75) is 73.0 Å². The number of amides is 1. The number of carbonyl (C=O) groups is 2. The number of fused-ring (bicyclic) bond motifs is 1. The number of hydrogen-bond acceptors (Lipinski definition) is 6. The summed E-state index contributed by atoms with van der Waals surface area (Å²) < 4.78 is 12.8. The highest BCUT2D eigenvalue weighted by molar-refractivity contribution is 5.85. The van der Waals surface area contributed by atoms with E-state index in [-0.39, 0.29) is 37.4 Å². The van der Waals surface area contributed by atoms with E-state index in [1.165, 1.54) is 0 Å². The van der Waals surface area contributed by atoms with Gasteiger partial charge in [-0.2, -0.15) is 5.10 Å². The fraction of sp³-hybridized carbons (Fsp3) is 0.375. The number of ether oxygens (including phenoxy) is 2. The van der Waals surface area contributed by atoms with Crippen LogP contribution in [0.3, 0.4) is 0 Å². The summed E-state index contributed by atoms with van der Waals surface area (Å²) in [6.45, 7) is 12.0. The van der Waals surface area contributed by atoms with E-state index in [2.05, 4.69) is 12.2 Å². The van der Waals surface area contributed by atoms with E-state index in [0.717, 1.165) is 50.5 Å². The number of esters is 1. The number of hydrogen-bond donors (Lipinski definition) is 1. The van der Waals surface area contributed by atoms with Gasteiger partial charge in [-0.25, -0.2) is 9.67 Å². The lowest BCUT2D eigenvalue weighted by Crippen LogP contribution is -2.31. The average Bonchev–Trinajstić information content (AvgIpc) is 3.24. The number of carbonyl (C=O) groups excluding carboxylic acids is 2. The molecule has 0 radical (unpaired) electrons. The average molecular weight is 543 g/mol. The smallest absolute Gasteiger partial charge is 0.308 e. The summed E-state index contributed by atoms with van der Waals surface area (Å²) in [4.78, 5) is 30.4. The van der Waals surface area contributed by atoms with Crippen molar-refractivity contribution in [3.05, 3.63) is 82.7 Å². The standard InChI is InChI=1S/C32H38N4O4/c1-7-39-30(38)19-28(24-13-15-26(16-14-24)40-20(2)3)34-29(37)18-17-27-21(4)31-23(6)35-36(32(31)33-22(27)5)25-11-9-8-10-12-25/h8-16,20,28H,7,17-19H2,1-6H3,(H,34,37)/t28-/m1/s1. The van der Waals surface area contributed by atoms with Crippen molar-refractivity contribution < 1.29 is 19.1 Å². The molecule has 0 saturated heterocycles. The van der Waals surface area contributed by atoms with Crippen LogP contribution in [0, 0.1) is 20.8 Å². The zero-order valence-corrected chi connectivity index (χ0v) is 24.2. The molecule has 0 saturated carbocycles. The SMILES string of the molecule is CCOC(=O)C[C@@H](NC(=O)CCc1c(C)nc2c(c(C)nn2-c2ccccc2)c1C)c1ccc(OC(C)C)cc1. The first-order valence-corrected chi connectivity index (χ1v) is 13.8. The molecule has 4 rings (SSSR count). The predicted molar refractivity (Wildman–Crippen MR) is 156 cm³/mol. The van der Waals surface area contributed by atoms with Crippen molar-refractivity contribution in [1.82, 2.24) is 20.1 Å². The molecule has 0 unspecified atom stereocenters. The lowest BCUT2D eigenvalue weighted by atomic mass is 9.98. The summed E-state index contributed by atoms with van der Waals surface area (Å²) >= 11 is 0. The van der Waals surface area contributed by atoms with Crippen molar-refractivity contribution in [3.8, 4) is 11.4 Å². The lowest BCUT2D eigenvalue weighted by Gasteiger charge is -2.20. The molecule has 8 nitrogen and oxygen atoms in total. The number of pyridine rings is 1. The van der Waals surface area contributed by atoms with Crippen LogP contribution in [-0.2, 0) is 20.7 Å². The summed E-state index contributed by atoms with van der Waals surface area (Å²) in [6, 6.07) is 16.9. The molecule has 40 heavy (non-hydrogen) atoms. The summed E-state index contributed by atoms with van der Waals surface area (Å²) in [5.41, 5.74) is 6.47. The van der Waals surface area contributed by atoms with Crippen molar-refractivity contribution in [3.63, 3.8) is 0 Å². The molecule has 0 fully saturated rings. The molecule has 0 aliphatic heterocycles. The van der Waals surface area contributed by atoms with Crippen molar-refractivity contribution in [2.24, 2.45) is 0 Å². The molecule has 2 aromatic heterocycles. The highest BCUT2D eigenvalue weighted by Gasteiger charge is 2.21. The second-order valence-corrected chi connectivity index (χ2v) is 10.2. The number of rotatable bonds is 11. The van der Waals surface area contributed by atoms with Gasteiger partial charge < -0.3 is 14.8 Å². The summed E-state index contributed by atoms with van der Waals surface area (Å²) in [6.07, 6.45) is 0.885. The van der Waals surface area contributed by atoms with Crippen LogP contribution in [-0.4, -0.2) is 39.4 Å². The Morgan fingerprint density at radius 1 is 0.975 bits per heavy atom. The maximum Gasteiger partial charge on any atom is 0.308 e. The van der Waals surface area contributed by atoms with Gasteiger partial charge in [0.2, 0.25) is 5.91 Å². The van der Waals surface area contributed by atoms with Crippen molar-refractivity contribution in [2.75, 3.05) is 6.61 Å². The second-order valence-electron chi connectivity index (χ2n) is 10.2. The van der Waals surface area contributed by atoms with Crippen LogP contribution >= 0.6 is 0 Å². The molecule has 1 atom stereocenters. The molecular weight excluding hydrogens is 504 g/mol. The number of nitrogens with one attached hydrogen (secondary N) is 1. The Kier molecular flexibility index (Phi) is 9.19. The van der Waals surface area contributed by atoms with E-state index in [0.29, 0.717) is 6.42 Å². The van der Waals surface area contributed by atoms with Gasteiger partial charge in [0.1, 0.15) is 5.75 Å². The third kappa shape index (κ3) is 6.68. The van der Waals surface area contributed by atoms with Crippen LogP contribution in [0.4, 0.5) is 0 Å². The Balaban J connectivity index is 1.52. The van der Waals surface area contributed by atoms with Gasteiger partial charge >= 0.3 is 5.97 Å². The highest BCUT2D eigenvalue weighted by Crippen LogP contribution is 2.28. The summed E-state index contributed by atoms with van der Waals surface area (Å²) in [5.74, 6) is 0.231. The van der Waals surface area contributed by atoms with Gasteiger partial charge in [0.15, 0.2) is 5.65 Å². The minimum absolute atomic E-state index is 0.0490. The largest absolute Gasteiger partial charge is 0.491 e. The molecule has 1 amide bonds. The molecule has 2 heterocycles. The molecule has 0 spiro atoms. The van der Waals surface area contributed by atoms with Crippen molar-refractivity contribution >= 4 is 22.9 Å². The molecular formula is C32H38N4O4. The maximum atomic E-state index is 13.2. The van der Waals surface area contributed by atoms with E-state index in [1.807, 2.05) is 87.0 Å². The fourth-order valence-electron chi connectivity index (χ4n) is 5.02. The number of aryl methyl sites for hydroxylation is 3. The number of nitrogens with zero attached hydrogens (tertiary/aromatic N) is 3. The van der Waals surface area contributed by atoms with Crippen LogP contribution in [0.25, 0.3) is 16.7 Å². The Morgan fingerprint density at radius 2 is 1.68 bits per heavy atom. The first-order chi connectivity index (χ1) is 19.2. The Labute approximate surface area is 235 Å². The van der Waals surface area contributed by atoms with E-state index in [4.69, 9.17) is 19.6 Å². The quantitative estimate of drug-likeness (QED) is 0.238. The van der Waals surface area contributed by atoms with Gasteiger partial charge in [0.05, 0.1) is 36.6 Å². The van der Waals surface area contributed by atoms with Gasteiger partial charge in [-0.15, -0.1) is 0 Å². The number of benzene rings is 2. The zero-order valence-electron chi connectivity index (χ0n) is 24.2. The number of aromatic nitrogens is 3. The molecule has 0 aliphatic carbocycles. The monoisotopic (exact) mass is 542 g/mol. The minimum atomic E-state index is -0.506. The summed E-state index contributed by atoms with van der Waals surface area (Å²) in [7, 11) is 0. The van der Waals surface area contributed by atoms with Gasteiger partial charge in [-0.05, 0) is 88.9 Å². The normalized spacial score (nSPS) is 12.0. The lowest BCUT2D eigenvalue weighted by molar-refractivity contribution is -0.143. The van der Waals surface area contributed by atoms with E-state index in [9.17, 15) is 9.59 Å². The molecule has 1 N–H and O–H groups in total. The van der Waals surface area contributed by atoms with Gasteiger partial charge in [0, 0.05) is 17.5 Å². The van der Waals surface area contributed by atoms with Crippen LogP contribution in [0.2, 0.25) is 0 Å². The van der Waals surface area contributed by atoms with Crippen LogP contribution in [0.15, 0.2) is 54.6 Å². The molecule has 0 bridgehead atoms. The first-order valence-electron chi connectivity index (χ1n) is 13.8. The first kappa shape index (κ1) is 28.8. The molecule has 210 valence electrons. The topological polar surface area (TPSA) is 95.3 Å². The minimum Gasteiger partial charge on any atom is -0.491 e. The van der Waals surface area contributed by atoms with Gasteiger partial charge in [-0.1, -0.05) is 30.3 Å². The van der Waals surface area contributed by atoms with Crippen molar-refractivity contribution in [1.29, 1.82) is 0 Å². The maximum absolute atomic E-state index is 13.2. The van der Waals surface area contributed by atoms with E-state index >= 15 is 0 Å². The van der Waals surface area contributed by atoms with Crippen LogP contribution in [0.1, 0.15) is 67.7 Å². The highest BCUT2D eigenvalue weighted by atomic mass is 16.5. The predicted octanol–water partition coefficient (Wildman–Crippen LogP) is 5.88. The summed E-state index contributed by atoms with van der Waals surface area (Å²) in [5, 5.41) is 8.81. The zero-order chi connectivity index (χ0) is 28.8.